The molecule has 10 heteroatoms. The average molecular weight is 475 g/mol. The van der Waals surface area contributed by atoms with E-state index in [2.05, 4.69) is 21.0 Å². The van der Waals surface area contributed by atoms with Crippen molar-refractivity contribution >= 4 is 38.9 Å². The third-order valence-corrected chi connectivity index (χ3v) is 9.50. The largest absolute Gasteiger partial charge is 0.353 e. The molecule has 2 saturated heterocycles. The molecule has 1 aromatic carbocycles. The number of nitrogens with one attached hydrogen (secondary N) is 2. The van der Waals surface area contributed by atoms with Gasteiger partial charge in [0, 0.05) is 43.8 Å². The minimum Gasteiger partial charge on any atom is -0.353 e. The molecule has 4 heterocycles. The Balaban J connectivity index is 1.22. The second-order valence-electron chi connectivity index (χ2n) is 8.56. The van der Waals surface area contributed by atoms with Crippen LogP contribution in [0.15, 0.2) is 46.0 Å². The van der Waals surface area contributed by atoms with Gasteiger partial charge in [-0.3, -0.25) is 14.5 Å². The second-order valence-corrected chi connectivity index (χ2v) is 11.4. The molecule has 3 aliphatic heterocycles. The number of carbonyl (C=O) groups is 2. The molecule has 0 unspecified atom stereocenters. The van der Waals surface area contributed by atoms with E-state index in [0.717, 1.165) is 12.1 Å². The van der Waals surface area contributed by atoms with Crippen LogP contribution in [-0.4, -0.2) is 62.9 Å². The minimum absolute atomic E-state index is 0.00994. The highest BCUT2D eigenvalue weighted by Crippen LogP contribution is 2.30. The maximum absolute atomic E-state index is 12.9. The number of thiophene rings is 1. The zero-order valence-corrected chi connectivity index (χ0v) is 19.2. The number of hydrogen-bond acceptors (Lipinski definition) is 6. The Labute approximate surface area is 191 Å². The van der Waals surface area contributed by atoms with Crippen LogP contribution in [0.5, 0.6) is 0 Å². The maximum atomic E-state index is 12.9. The van der Waals surface area contributed by atoms with Crippen molar-refractivity contribution in [2.45, 2.75) is 48.0 Å². The first-order valence-electron chi connectivity index (χ1n) is 10.9. The Morgan fingerprint density at radius 1 is 1.22 bits per heavy atom. The Kier molecular flexibility index (Phi) is 5.79. The lowest BCUT2D eigenvalue weighted by molar-refractivity contribution is -0.129. The summed E-state index contributed by atoms with van der Waals surface area (Å²) in [5.41, 5.74) is 2.20. The molecule has 1 aromatic heterocycles. The molecule has 170 valence electrons. The molecule has 3 atom stereocenters. The molecule has 0 spiro atoms. The van der Waals surface area contributed by atoms with E-state index in [0.29, 0.717) is 38.9 Å². The van der Waals surface area contributed by atoms with Gasteiger partial charge in [0.15, 0.2) is 0 Å². The van der Waals surface area contributed by atoms with Gasteiger partial charge in [0.25, 0.3) is 0 Å². The normalized spacial score (nSPS) is 25.4. The highest BCUT2D eigenvalue weighted by atomic mass is 32.2. The molecule has 2 amide bonds. The molecular formula is C22H26N4O4S2. The monoisotopic (exact) mass is 474 g/mol. The topological polar surface area (TPSA) is 98.8 Å². The number of sulfonamides is 1. The van der Waals surface area contributed by atoms with Crippen molar-refractivity contribution in [3.63, 3.8) is 0 Å². The highest BCUT2D eigenvalue weighted by molar-refractivity contribution is 7.91. The summed E-state index contributed by atoms with van der Waals surface area (Å²) in [5.74, 6) is 0.0245. The zero-order chi connectivity index (χ0) is 22.3. The summed E-state index contributed by atoms with van der Waals surface area (Å²) in [6.07, 6.45) is 2.32. The molecule has 2 aromatic rings. The number of benzene rings is 1. The Morgan fingerprint density at radius 2 is 2.06 bits per heavy atom. The second kappa shape index (κ2) is 8.58. The van der Waals surface area contributed by atoms with E-state index in [1.54, 1.807) is 17.5 Å². The number of fused-ring (bicyclic) bond motifs is 2. The SMILES string of the molecule is O=C1NC[C@@H](CCC(=O)N2CCc3ccccc32)N2C[C@@H](NS(=O)(=O)c3cccs3)C[C@@H]12. The Morgan fingerprint density at radius 3 is 2.88 bits per heavy atom. The molecule has 5 rings (SSSR count). The molecule has 8 nitrogen and oxygen atoms in total. The lowest BCUT2D eigenvalue weighted by Gasteiger charge is -2.37. The quantitative estimate of drug-likeness (QED) is 0.658. The van der Waals surface area contributed by atoms with E-state index in [9.17, 15) is 18.0 Å². The maximum Gasteiger partial charge on any atom is 0.250 e. The van der Waals surface area contributed by atoms with Crippen LogP contribution in [0.2, 0.25) is 0 Å². The Bertz CT molecular complexity index is 1120. The first-order chi connectivity index (χ1) is 15.4. The van der Waals surface area contributed by atoms with E-state index in [1.807, 2.05) is 23.1 Å². The van der Waals surface area contributed by atoms with Gasteiger partial charge < -0.3 is 10.2 Å². The van der Waals surface area contributed by atoms with Crippen LogP contribution in [0.3, 0.4) is 0 Å². The number of hydrogen-bond donors (Lipinski definition) is 2. The van der Waals surface area contributed by atoms with Gasteiger partial charge in [0.1, 0.15) is 4.21 Å². The summed E-state index contributed by atoms with van der Waals surface area (Å²) in [7, 11) is -3.59. The molecule has 0 saturated carbocycles. The lowest BCUT2D eigenvalue weighted by atomic mass is 10.0. The first-order valence-corrected chi connectivity index (χ1v) is 13.3. The molecular weight excluding hydrogens is 448 g/mol. The summed E-state index contributed by atoms with van der Waals surface area (Å²) in [6.45, 7) is 1.65. The lowest BCUT2D eigenvalue weighted by Crippen LogP contribution is -2.58. The molecule has 2 N–H and O–H groups in total. The van der Waals surface area contributed by atoms with Crippen LogP contribution in [-0.2, 0) is 26.0 Å². The van der Waals surface area contributed by atoms with E-state index < -0.39 is 10.0 Å². The summed E-state index contributed by atoms with van der Waals surface area (Å²) in [5, 5.41) is 4.67. The van der Waals surface area contributed by atoms with Crippen molar-refractivity contribution in [1.29, 1.82) is 0 Å². The van der Waals surface area contributed by atoms with Gasteiger partial charge in [-0.2, -0.15) is 0 Å². The van der Waals surface area contributed by atoms with Gasteiger partial charge in [-0.05, 0) is 42.3 Å². The number of para-hydroxylation sites is 1. The zero-order valence-electron chi connectivity index (χ0n) is 17.6. The van der Waals surface area contributed by atoms with E-state index in [-0.39, 0.29) is 34.1 Å². The van der Waals surface area contributed by atoms with E-state index in [1.165, 1.54) is 16.9 Å². The fourth-order valence-electron chi connectivity index (χ4n) is 5.05. The van der Waals surface area contributed by atoms with Crippen LogP contribution in [0, 0.1) is 0 Å². The van der Waals surface area contributed by atoms with Gasteiger partial charge in [-0.1, -0.05) is 24.3 Å². The van der Waals surface area contributed by atoms with Crippen LogP contribution < -0.4 is 14.9 Å². The van der Waals surface area contributed by atoms with E-state index >= 15 is 0 Å². The van der Waals surface area contributed by atoms with Crippen molar-refractivity contribution in [2.24, 2.45) is 0 Å². The molecule has 0 radical (unpaired) electrons. The first kappa shape index (κ1) is 21.6. The number of carbonyl (C=O) groups excluding carboxylic acids is 2. The van der Waals surface area contributed by atoms with Crippen molar-refractivity contribution in [3.05, 3.63) is 47.3 Å². The fraction of sp³-hybridized carbons (Fsp3) is 0.455. The highest BCUT2D eigenvalue weighted by Gasteiger charge is 2.44. The summed E-state index contributed by atoms with van der Waals surface area (Å²) < 4.78 is 28.3. The molecule has 0 bridgehead atoms. The minimum atomic E-state index is -3.59. The molecule has 3 aliphatic rings. The summed E-state index contributed by atoms with van der Waals surface area (Å²) >= 11 is 1.17. The predicted octanol–water partition coefficient (Wildman–Crippen LogP) is 1.34. The third kappa shape index (κ3) is 4.07. The average Bonchev–Trinajstić information content (AvgIpc) is 3.52. The smallest absolute Gasteiger partial charge is 0.250 e. The Hall–Kier alpha value is -2.27. The fourth-order valence-corrected chi connectivity index (χ4v) is 7.29. The van der Waals surface area contributed by atoms with Crippen LogP contribution >= 0.6 is 11.3 Å². The number of nitrogens with zero attached hydrogens (tertiary/aromatic N) is 2. The van der Waals surface area contributed by atoms with Gasteiger partial charge in [-0.25, -0.2) is 13.1 Å². The van der Waals surface area contributed by atoms with Crippen molar-refractivity contribution < 1.29 is 18.0 Å². The van der Waals surface area contributed by atoms with Crippen LogP contribution in [0.25, 0.3) is 0 Å². The number of amides is 2. The number of rotatable bonds is 6. The summed E-state index contributed by atoms with van der Waals surface area (Å²) in [4.78, 5) is 29.3. The predicted molar refractivity (Wildman–Crippen MR) is 122 cm³/mol. The molecule has 2 fully saturated rings. The van der Waals surface area contributed by atoms with Crippen molar-refractivity contribution in [2.75, 3.05) is 24.5 Å². The third-order valence-electron chi connectivity index (χ3n) is 6.58. The van der Waals surface area contributed by atoms with Crippen LogP contribution in [0.4, 0.5) is 5.69 Å². The van der Waals surface area contributed by atoms with Crippen LogP contribution in [0.1, 0.15) is 24.8 Å². The molecule has 0 aliphatic carbocycles. The molecule has 32 heavy (non-hydrogen) atoms. The number of piperazine rings is 1. The van der Waals surface area contributed by atoms with Crippen molar-refractivity contribution in [3.8, 4) is 0 Å². The van der Waals surface area contributed by atoms with Crippen molar-refractivity contribution in [1.82, 2.24) is 14.9 Å². The standard InChI is InChI=1S/C22H26N4O4S2/c27-20(25-10-9-15-4-1-2-5-18(15)25)8-7-17-13-23-22(28)19-12-16(14-26(17)19)24-32(29,30)21-6-3-11-31-21/h1-6,11,16-17,19,24H,7-10,12-14H2,(H,23,28)/t16-,17+,19-/m0/s1. The van der Waals surface area contributed by atoms with Gasteiger partial charge >= 0.3 is 0 Å². The van der Waals surface area contributed by atoms with Gasteiger partial charge in [0.2, 0.25) is 21.8 Å². The van der Waals surface area contributed by atoms with E-state index in [4.69, 9.17) is 0 Å². The van der Waals surface area contributed by atoms with Gasteiger partial charge in [-0.15, -0.1) is 11.3 Å². The summed E-state index contributed by atoms with van der Waals surface area (Å²) in [6, 6.07) is 10.6. The number of anilines is 1. The van der Waals surface area contributed by atoms with Gasteiger partial charge in [0.05, 0.1) is 6.04 Å².